The average molecular weight is 278 g/mol. The van der Waals surface area contributed by atoms with Gasteiger partial charge in [-0.25, -0.2) is 0 Å². The third-order valence-corrected chi connectivity index (χ3v) is 2.90. The van der Waals surface area contributed by atoms with E-state index in [1.807, 2.05) is 60.7 Å². The number of rotatable bonds is 2. The third-order valence-electron chi connectivity index (χ3n) is 2.90. The van der Waals surface area contributed by atoms with Gasteiger partial charge in [0.15, 0.2) is 5.78 Å². The summed E-state index contributed by atoms with van der Waals surface area (Å²) in [5, 5.41) is 0. The zero-order chi connectivity index (χ0) is 13.3. The Morgan fingerprint density at radius 3 is 1.45 bits per heavy atom. The Balaban J connectivity index is 0.000000283. The van der Waals surface area contributed by atoms with Crippen molar-refractivity contribution < 1.29 is 9.53 Å². The van der Waals surface area contributed by atoms with Crippen LogP contribution < -0.4 is 0 Å². The number of ether oxygens (including phenoxy) is 1. The van der Waals surface area contributed by atoms with Crippen molar-refractivity contribution in [1.29, 1.82) is 0 Å². The molecule has 2 aromatic carbocycles. The standard InChI is InChI=1S/C13H10O.C4H8O.Na.H/c14-13(11-7-3-1-4-8-11)12-9-5-2-6-10-12;1-2-4-5-3-1;;/h1-10H;1-4H2;;. The molecule has 3 rings (SSSR count). The van der Waals surface area contributed by atoms with Gasteiger partial charge in [-0.2, -0.15) is 0 Å². The van der Waals surface area contributed by atoms with E-state index in [-0.39, 0.29) is 35.3 Å². The van der Waals surface area contributed by atoms with E-state index in [0.717, 1.165) is 24.3 Å². The molecule has 0 spiro atoms. The Morgan fingerprint density at radius 1 is 0.750 bits per heavy atom. The second-order valence-electron chi connectivity index (χ2n) is 4.38. The summed E-state index contributed by atoms with van der Waals surface area (Å²) in [4.78, 5) is 11.8. The number of hydrogen-bond donors (Lipinski definition) is 0. The van der Waals surface area contributed by atoms with Crippen LogP contribution in [0, 0.1) is 0 Å². The van der Waals surface area contributed by atoms with E-state index < -0.39 is 0 Å². The van der Waals surface area contributed by atoms with Gasteiger partial charge in [0.2, 0.25) is 0 Å². The molecule has 20 heavy (non-hydrogen) atoms. The molecule has 100 valence electrons. The maximum atomic E-state index is 11.8. The molecule has 1 aliphatic rings. The molecule has 2 nitrogen and oxygen atoms in total. The van der Waals surface area contributed by atoms with Gasteiger partial charge in [-0.05, 0) is 12.8 Å². The van der Waals surface area contributed by atoms with Crippen LogP contribution in [-0.4, -0.2) is 48.6 Å². The molecule has 0 unspecified atom stereocenters. The second kappa shape index (κ2) is 9.89. The first-order valence-corrected chi connectivity index (χ1v) is 6.60. The molecule has 0 aliphatic carbocycles. The molecule has 0 atom stereocenters. The van der Waals surface area contributed by atoms with Crippen LogP contribution in [0.25, 0.3) is 0 Å². The van der Waals surface area contributed by atoms with Crippen molar-refractivity contribution in [3.8, 4) is 0 Å². The summed E-state index contributed by atoms with van der Waals surface area (Å²) in [6.45, 7) is 2.00. The molecule has 0 N–H and O–H groups in total. The Labute approximate surface area is 142 Å². The summed E-state index contributed by atoms with van der Waals surface area (Å²) in [6.07, 6.45) is 2.56. The minimum atomic E-state index is 0. The number of hydrogen-bond acceptors (Lipinski definition) is 2. The monoisotopic (exact) mass is 278 g/mol. The van der Waals surface area contributed by atoms with E-state index in [4.69, 9.17) is 4.74 Å². The van der Waals surface area contributed by atoms with Gasteiger partial charge in [0.05, 0.1) is 0 Å². The number of benzene rings is 2. The van der Waals surface area contributed by atoms with E-state index in [1.54, 1.807) is 0 Å². The van der Waals surface area contributed by atoms with Crippen molar-refractivity contribution in [2.24, 2.45) is 0 Å². The summed E-state index contributed by atoms with van der Waals surface area (Å²) in [5.41, 5.74) is 1.47. The van der Waals surface area contributed by atoms with E-state index in [1.165, 1.54) is 12.8 Å². The first-order valence-electron chi connectivity index (χ1n) is 6.60. The fourth-order valence-corrected chi connectivity index (χ4v) is 1.86. The molecular formula is C17H19NaO2. The summed E-state index contributed by atoms with van der Waals surface area (Å²) < 4.78 is 4.94. The first-order chi connectivity index (χ1) is 9.38. The van der Waals surface area contributed by atoms with Crippen LogP contribution in [0.4, 0.5) is 0 Å². The molecule has 0 aromatic heterocycles. The molecule has 0 bridgehead atoms. The van der Waals surface area contributed by atoms with Gasteiger partial charge in [0.1, 0.15) is 0 Å². The Hall–Kier alpha value is -0.930. The zero-order valence-electron chi connectivity index (χ0n) is 10.9. The van der Waals surface area contributed by atoms with Crippen LogP contribution in [0.15, 0.2) is 60.7 Å². The van der Waals surface area contributed by atoms with Crippen LogP contribution >= 0.6 is 0 Å². The van der Waals surface area contributed by atoms with Gasteiger partial charge in [-0.3, -0.25) is 4.79 Å². The van der Waals surface area contributed by atoms with Crippen LogP contribution in [0.2, 0.25) is 0 Å². The SMILES string of the molecule is C1CCOC1.O=C(c1ccccc1)c1ccccc1.[NaH]. The normalized spacial score (nSPS) is 12.8. The Morgan fingerprint density at radius 2 is 1.15 bits per heavy atom. The Kier molecular flexibility index (Phi) is 8.47. The molecule has 2 aromatic rings. The van der Waals surface area contributed by atoms with Gasteiger partial charge in [-0.1, -0.05) is 60.7 Å². The van der Waals surface area contributed by atoms with Crippen molar-refractivity contribution in [3.63, 3.8) is 0 Å². The maximum absolute atomic E-state index is 11.8. The van der Waals surface area contributed by atoms with Gasteiger partial charge in [0.25, 0.3) is 0 Å². The van der Waals surface area contributed by atoms with Crippen molar-refractivity contribution in [2.45, 2.75) is 12.8 Å². The topological polar surface area (TPSA) is 26.3 Å². The number of ketones is 1. The zero-order valence-corrected chi connectivity index (χ0v) is 10.9. The van der Waals surface area contributed by atoms with Crippen LogP contribution in [0.3, 0.4) is 0 Å². The van der Waals surface area contributed by atoms with Crippen LogP contribution in [-0.2, 0) is 4.74 Å². The van der Waals surface area contributed by atoms with Gasteiger partial charge in [0, 0.05) is 24.3 Å². The fourth-order valence-electron chi connectivity index (χ4n) is 1.86. The summed E-state index contributed by atoms with van der Waals surface area (Å²) in [7, 11) is 0. The van der Waals surface area contributed by atoms with Gasteiger partial charge < -0.3 is 4.74 Å². The van der Waals surface area contributed by atoms with Gasteiger partial charge in [-0.15, -0.1) is 0 Å². The minimum absolute atomic E-state index is 0. The molecule has 1 heterocycles. The fraction of sp³-hybridized carbons (Fsp3) is 0.235. The molecule has 0 amide bonds. The second-order valence-corrected chi connectivity index (χ2v) is 4.38. The molecule has 1 saturated heterocycles. The quantitative estimate of drug-likeness (QED) is 0.623. The molecular weight excluding hydrogens is 259 g/mol. The predicted molar refractivity (Wildman–Crippen MR) is 83.5 cm³/mol. The van der Waals surface area contributed by atoms with Crippen molar-refractivity contribution >= 4 is 35.3 Å². The van der Waals surface area contributed by atoms with E-state index in [2.05, 4.69) is 0 Å². The molecule has 1 fully saturated rings. The third kappa shape index (κ3) is 5.59. The number of carbonyl (C=O) groups is 1. The Bertz CT molecular complexity index is 444. The summed E-state index contributed by atoms with van der Waals surface area (Å²) in [6, 6.07) is 18.6. The molecule has 1 aliphatic heterocycles. The molecule has 0 radical (unpaired) electrons. The summed E-state index contributed by atoms with van der Waals surface area (Å²) >= 11 is 0. The number of carbonyl (C=O) groups excluding carboxylic acids is 1. The van der Waals surface area contributed by atoms with E-state index in [9.17, 15) is 4.79 Å². The van der Waals surface area contributed by atoms with Crippen molar-refractivity contribution in [1.82, 2.24) is 0 Å². The van der Waals surface area contributed by atoms with E-state index in [0.29, 0.717) is 0 Å². The predicted octanol–water partition coefficient (Wildman–Crippen LogP) is 3.07. The average Bonchev–Trinajstić information content (AvgIpc) is 3.08. The van der Waals surface area contributed by atoms with Crippen LogP contribution in [0.1, 0.15) is 28.8 Å². The van der Waals surface area contributed by atoms with Crippen molar-refractivity contribution in [3.05, 3.63) is 71.8 Å². The van der Waals surface area contributed by atoms with Crippen molar-refractivity contribution in [2.75, 3.05) is 13.2 Å². The van der Waals surface area contributed by atoms with E-state index >= 15 is 0 Å². The van der Waals surface area contributed by atoms with Crippen LogP contribution in [0.5, 0.6) is 0 Å². The first kappa shape index (κ1) is 17.1. The molecule has 3 heteroatoms. The summed E-state index contributed by atoms with van der Waals surface area (Å²) in [5.74, 6) is 0.0752. The van der Waals surface area contributed by atoms with Gasteiger partial charge >= 0.3 is 29.6 Å². The molecule has 0 saturated carbocycles.